The van der Waals surface area contributed by atoms with E-state index >= 15 is 0 Å². The molecule has 0 aliphatic rings. The van der Waals surface area contributed by atoms with E-state index in [-0.39, 0.29) is 12.5 Å². The minimum absolute atomic E-state index is 0.255. The van der Waals surface area contributed by atoms with Crippen molar-refractivity contribution in [3.63, 3.8) is 0 Å². The Balaban J connectivity index is 1.93. The quantitative estimate of drug-likeness (QED) is 0.405. The molecule has 0 atom stereocenters. The fourth-order valence-corrected chi connectivity index (χ4v) is 4.11. The van der Waals surface area contributed by atoms with Crippen LogP contribution in [0.5, 0.6) is 0 Å². The lowest BCUT2D eigenvalue weighted by Gasteiger charge is -2.10. The van der Waals surface area contributed by atoms with Crippen LogP contribution in [0.2, 0.25) is 0 Å². The summed E-state index contributed by atoms with van der Waals surface area (Å²) in [6.07, 6.45) is 0. The normalized spacial score (nSPS) is 10.8. The molecule has 150 valence electrons. The van der Waals surface area contributed by atoms with Crippen LogP contribution < -0.4 is 5.32 Å². The summed E-state index contributed by atoms with van der Waals surface area (Å²) in [7, 11) is 0. The van der Waals surface area contributed by atoms with E-state index in [0.29, 0.717) is 22.0 Å². The molecule has 3 rings (SSSR count). The van der Waals surface area contributed by atoms with Crippen molar-refractivity contribution in [3.05, 3.63) is 75.1 Å². The van der Waals surface area contributed by atoms with Gasteiger partial charge in [-0.2, -0.15) is 0 Å². The second-order valence-corrected chi connectivity index (χ2v) is 8.61. The summed E-state index contributed by atoms with van der Waals surface area (Å²) >= 11 is 4.74. The van der Waals surface area contributed by atoms with E-state index in [2.05, 4.69) is 35.1 Å². The third kappa shape index (κ3) is 4.95. The fourth-order valence-electron chi connectivity index (χ4n) is 2.89. The van der Waals surface area contributed by atoms with Crippen molar-refractivity contribution in [3.8, 4) is 11.1 Å². The van der Waals surface area contributed by atoms with E-state index in [4.69, 9.17) is 4.74 Å². The van der Waals surface area contributed by atoms with Crippen LogP contribution in [0, 0.1) is 0 Å². The number of carbonyl (C=O) groups excluding carboxylic acids is 2. The Labute approximate surface area is 183 Å². The van der Waals surface area contributed by atoms with Gasteiger partial charge in [-0.25, -0.2) is 4.79 Å². The number of rotatable bonds is 6. The molecule has 4 nitrogen and oxygen atoms in total. The summed E-state index contributed by atoms with van der Waals surface area (Å²) in [6.45, 7) is 6.24. The molecule has 0 saturated carbocycles. The van der Waals surface area contributed by atoms with Crippen molar-refractivity contribution in [1.82, 2.24) is 0 Å². The Morgan fingerprint density at radius 3 is 2.31 bits per heavy atom. The zero-order valence-electron chi connectivity index (χ0n) is 16.5. The molecule has 0 fully saturated rings. The number of esters is 1. The van der Waals surface area contributed by atoms with E-state index in [0.717, 1.165) is 15.6 Å². The first kappa shape index (κ1) is 21.3. The van der Waals surface area contributed by atoms with Crippen LogP contribution in [0.4, 0.5) is 5.00 Å². The zero-order valence-corrected chi connectivity index (χ0v) is 18.9. The molecule has 1 aromatic heterocycles. The lowest BCUT2D eigenvalue weighted by atomic mass is 10.0. The van der Waals surface area contributed by atoms with Gasteiger partial charge in [0.15, 0.2) is 0 Å². The number of ether oxygens (including phenoxy) is 1. The molecule has 3 aromatic rings. The average Bonchev–Trinajstić information content (AvgIpc) is 3.12. The number of halogens is 1. The number of hydrogen-bond donors (Lipinski definition) is 1. The van der Waals surface area contributed by atoms with Gasteiger partial charge in [-0.3, -0.25) is 4.79 Å². The van der Waals surface area contributed by atoms with E-state index < -0.39 is 5.97 Å². The van der Waals surface area contributed by atoms with Gasteiger partial charge in [-0.15, -0.1) is 11.3 Å². The maximum atomic E-state index is 12.8. The fraction of sp³-hybridized carbons (Fsp3) is 0.217. The van der Waals surface area contributed by atoms with E-state index in [9.17, 15) is 9.59 Å². The van der Waals surface area contributed by atoms with Crippen molar-refractivity contribution in [1.29, 1.82) is 0 Å². The van der Waals surface area contributed by atoms with Gasteiger partial charge in [0.1, 0.15) is 10.6 Å². The Hall–Kier alpha value is -2.44. The van der Waals surface area contributed by atoms with Crippen molar-refractivity contribution in [2.75, 3.05) is 11.9 Å². The number of nitrogens with one attached hydrogen (secondary N) is 1. The lowest BCUT2D eigenvalue weighted by Crippen LogP contribution is -2.15. The van der Waals surface area contributed by atoms with Gasteiger partial charge in [0.25, 0.3) is 5.91 Å². The molecular formula is C23H22BrNO3S. The summed E-state index contributed by atoms with van der Waals surface area (Å²) in [6, 6.07) is 15.2. The van der Waals surface area contributed by atoms with Crippen molar-refractivity contribution >= 4 is 44.1 Å². The van der Waals surface area contributed by atoms with Gasteiger partial charge < -0.3 is 10.1 Å². The predicted octanol–water partition coefficient (Wildman–Crippen LogP) is 6.73. The highest BCUT2D eigenvalue weighted by atomic mass is 79.9. The van der Waals surface area contributed by atoms with E-state index in [1.54, 1.807) is 19.1 Å². The molecule has 0 unspecified atom stereocenters. The summed E-state index contributed by atoms with van der Waals surface area (Å²) in [5, 5.41) is 5.24. The number of carbonyl (C=O) groups is 2. The molecular weight excluding hydrogens is 450 g/mol. The monoisotopic (exact) mass is 471 g/mol. The average molecular weight is 472 g/mol. The maximum absolute atomic E-state index is 12.8. The summed E-state index contributed by atoms with van der Waals surface area (Å²) in [5.74, 6) is -0.305. The van der Waals surface area contributed by atoms with Gasteiger partial charge in [-0.05, 0) is 48.2 Å². The zero-order chi connectivity index (χ0) is 21.0. The minimum Gasteiger partial charge on any atom is -0.462 e. The van der Waals surface area contributed by atoms with Crippen LogP contribution in [0.3, 0.4) is 0 Å². The molecule has 1 heterocycles. The largest absolute Gasteiger partial charge is 0.462 e. The summed E-state index contributed by atoms with van der Waals surface area (Å²) in [4.78, 5) is 25.4. The molecule has 0 spiro atoms. The molecule has 6 heteroatoms. The Kier molecular flexibility index (Phi) is 6.87. The number of hydrogen-bond acceptors (Lipinski definition) is 4. The van der Waals surface area contributed by atoms with Crippen LogP contribution in [0.25, 0.3) is 11.1 Å². The molecule has 29 heavy (non-hydrogen) atoms. The smallest absolute Gasteiger partial charge is 0.341 e. The van der Waals surface area contributed by atoms with Crippen molar-refractivity contribution in [2.24, 2.45) is 0 Å². The molecule has 0 radical (unpaired) electrons. The predicted molar refractivity (Wildman–Crippen MR) is 122 cm³/mol. The summed E-state index contributed by atoms with van der Waals surface area (Å²) in [5.41, 5.74) is 3.72. The molecule has 0 aliphatic heterocycles. The first-order valence-electron chi connectivity index (χ1n) is 9.36. The molecule has 2 aromatic carbocycles. The second-order valence-electron chi connectivity index (χ2n) is 6.81. The maximum Gasteiger partial charge on any atom is 0.341 e. The van der Waals surface area contributed by atoms with Crippen molar-refractivity contribution < 1.29 is 14.3 Å². The van der Waals surface area contributed by atoms with E-state index in [1.807, 2.05) is 41.8 Å². The van der Waals surface area contributed by atoms with Gasteiger partial charge >= 0.3 is 5.97 Å². The Morgan fingerprint density at radius 2 is 1.72 bits per heavy atom. The lowest BCUT2D eigenvalue weighted by molar-refractivity contribution is 0.0529. The van der Waals surface area contributed by atoms with Crippen molar-refractivity contribution in [2.45, 2.75) is 26.7 Å². The summed E-state index contributed by atoms with van der Waals surface area (Å²) < 4.78 is 6.20. The van der Waals surface area contributed by atoms with Crippen LogP contribution in [-0.4, -0.2) is 18.5 Å². The van der Waals surface area contributed by atoms with Gasteiger partial charge in [-0.1, -0.05) is 54.0 Å². The highest BCUT2D eigenvalue weighted by Crippen LogP contribution is 2.37. The van der Waals surface area contributed by atoms with Gasteiger partial charge in [0.05, 0.1) is 6.61 Å². The van der Waals surface area contributed by atoms with E-state index in [1.165, 1.54) is 16.9 Å². The van der Waals surface area contributed by atoms with Crippen LogP contribution >= 0.6 is 27.3 Å². The first-order valence-corrected chi connectivity index (χ1v) is 11.0. The Bertz CT molecular complexity index is 1010. The highest BCUT2D eigenvalue weighted by Gasteiger charge is 2.23. The van der Waals surface area contributed by atoms with Gasteiger partial charge in [0, 0.05) is 21.0 Å². The SMILES string of the molecule is CCOC(=O)c1c(-c2ccc(Br)cc2)csc1NC(=O)c1ccc(C(C)C)cc1. The second kappa shape index (κ2) is 9.37. The van der Waals surface area contributed by atoms with Crippen LogP contribution in [0.1, 0.15) is 53.0 Å². The number of amides is 1. The molecule has 0 saturated heterocycles. The van der Waals surface area contributed by atoms with Crippen LogP contribution in [0.15, 0.2) is 58.4 Å². The Morgan fingerprint density at radius 1 is 1.07 bits per heavy atom. The molecule has 0 bridgehead atoms. The van der Waals surface area contributed by atoms with Crippen LogP contribution in [-0.2, 0) is 4.74 Å². The molecule has 1 amide bonds. The number of thiophene rings is 1. The first-order chi connectivity index (χ1) is 13.9. The molecule has 0 aliphatic carbocycles. The third-order valence-corrected chi connectivity index (χ3v) is 5.92. The third-order valence-electron chi connectivity index (χ3n) is 4.49. The topological polar surface area (TPSA) is 55.4 Å². The molecule has 1 N–H and O–H groups in total. The highest BCUT2D eigenvalue weighted by molar-refractivity contribution is 9.10. The standard InChI is InChI=1S/C23H22BrNO3S/c1-4-28-23(27)20-19(16-9-11-18(24)12-10-16)13-29-22(20)25-21(26)17-7-5-15(6-8-17)14(2)3/h5-14H,4H2,1-3H3,(H,25,26). The number of anilines is 1. The van der Waals surface area contributed by atoms with Gasteiger partial charge in [0.2, 0.25) is 0 Å². The number of benzene rings is 2. The minimum atomic E-state index is -0.447.